The molecule has 0 aromatic heterocycles. The Bertz CT molecular complexity index is 460. The maximum atomic E-state index is 11.8. The van der Waals surface area contributed by atoms with Crippen LogP contribution < -0.4 is 16.4 Å². The van der Waals surface area contributed by atoms with Gasteiger partial charge in [-0.05, 0) is 0 Å². The molecule has 0 aliphatic carbocycles. The Morgan fingerprint density at radius 2 is 1.83 bits per heavy atom. The first-order chi connectivity index (χ1) is 10.7. The lowest BCUT2D eigenvalue weighted by Crippen LogP contribution is -2.68. The van der Waals surface area contributed by atoms with Gasteiger partial charge in [-0.1, -0.05) is 0 Å². The van der Waals surface area contributed by atoms with Crippen LogP contribution in [0, 0.1) is 0 Å². The van der Waals surface area contributed by atoms with Crippen LogP contribution in [0.1, 0.15) is 13.3 Å². The van der Waals surface area contributed by atoms with Crippen molar-refractivity contribution in [1.29, 1.82) is 0 Å². The normalized spacial score (nSPS) is 32.0. The van der Waals surface area contributed by atoms with Crippen molar-refractivity contribution in [3.63, 3.8) is 0 Å². The number of aliphatic hydroxyl groups excluding tert-OH is 3. The highest BCUT2D eigenvalue weighted by molar-refractivity contribution is 5.84. The number of hydrogen-bond acceptors (Lipinski definition) is 8. The molecule has 0 aromatic rings. The number of hydrogen-bond donors (Lipinski definition) is 7. The largest absolute Gasteiger partial charge is 0.480 e. The topological polar surface area (TPSA) is 191 Å². The molecule has 0 bridgehead atoms. The van der Waals surface area contributed by atoms with E-state index in [4.69, 9.17) is 20.7 Å². The molecule has 1 heterocycles. The average Bonchev–Trinajstić information content (AvgIpc) is 2.46. The van der Waals surface area contributed by atoms with E-state index in [1.54, 1.807) is 0 Å². The van der Waals surface area contributed by atoms with Gasteiger partial charge in [0.05, 0.1) is 13.0 Å². The van der Waals surface area contributed by atoms with E-state index >= 15 is 0 Å². The van der Waals surface area contributed by atoms with Gasteiger partial charge in [-0.25, -0.2) is 0 Å². The predicted octanol–water partition coefficient (Wildman–Crippen LogP) is -4.15. The van der Waals surface area contributed by atoms with Gasteiger partial charge in [0.1, 0.15) is 30.4 Å². The van der Waals surface area contributed by atoms with Crippen LogP contribution in [0.3, 0.4) is 0 Å². The van der Waals surface area contributed by atoms with Gasteiger partial charge in [0, 0.05) is 6.92 Å². The van der Waals surface area contributed by atoms with Gasteiger partial charge < -0.3 is 41.5 Å². The molecule has 0 radical (unpaired) electrons. The molecule has 0 saturated carbocycles. The van der Waals surface area contributed by atoms with E-state index in [9.17, 15) is 24.6 Å². The van der Waals surface area contributed by atoms with Gasteiger partial charge in [0.15, 0.2) is 6.23 Å². The maximum absolute atomic E-state index is 11.8. The zero-order valence-corrected chi connectivity index (χ0v) is 12.4. The van der Waals surface area contributed by atoms with Gasteiger partial charge in [0.2, 0.25) is 11.8 Å². The van der Waals surface area contributed by atoms with E-state index in [1.165, 1.54) is 0 Å². The number of carbonyl (C=O) groups is 3. The van der Waals surface area contributed by atoms with Crippen LogP contribution in [0.4, 0.5) is 0 Å². The second-order valence-corrected chi connectivity index (χ2v) is 5.20. The molecule has 0 spiro atoms. The summed E-state index contributed by atoms with van der Waals surface area (Å²) in [6, 6.07) is -2.61. The number of carboxylic acid groups (broad SMARTS) is 1. The Morgan fingerprint density at radius 1 is 1.22 bits per heavy atom. The highest BCUT2D eigenvalue weighted by Gasteiger charge is 2.45. The molecule has 11 heteroatoms. The first-order valence-electron chi connectivity index (χ1n) is 6.84. The lowest BCUT2D eigenvalue weighted by Gasteiger charge is -2.42. The van der Waals surface area contributed by atoms with Crippen LogP contribution in [0.25, 0.3) is 0 Å². The third-order valence-electron chi connectivity index (χ3n) is 3.32. The van der Waals surface area contributed by atoms with E-state index in [0.29, 0.717) is 0 Å². The average molecular weight is 335 g/mol. The Morgan fingerprint density at radius 3 is 2.30 bits per heavy atom. The molecule has 1 fully saturated rings. The molecule has 1 rings (SSSR count). The van der Waals surface area contributed by atoms with Crippen LogP contribution in [-0.2, 0) is 19.1 Å². The highest BCUT2D eigenvalue weighted by atomic mass is 16.5. The number of ether oxygens (including phenoxy) is 1. The summed E-state index contributed by atoms with van der Waals surface area (Å²) >= 11 is 0. The summed E-state index contributed by atoms with van der Waals surface area (Å²) < 4.78 is 5.25. The third kappa shape index (κ3) is 5.11. The van der Waals surface area contributed by atoms with Crippen LogP contribution in [-0.4, -0.2) is 81.4 Å². The smallest absolute Gasteiger partial charge is 0.321 e. The number of nitrogens with one attached hydrogen (secondary N) is 2. The summed E-state index contributed by atoms with van der Waals surface area (Å²) in [5.74, 6) is -2.71. The molecule has 1 aliphatic heterocycles. The second kappa shape index (κ2) is 8.17. The molecule has 23 heavy (non-hydrogen) atoms. The molecule has 6 atom stereocenters. The van der Waals surface area contributed by atoms with Crippen molar-refractivity contribution in [1.82, 2.24) is 10.6 Å². The fraction of sp³-hybridized carbons (Fsp3) is 0.750. The molecule has 0 unspecified atom stereocenters. The van der Waals surface area contributed by atoms with Crippen molar-refractivity contribution >= 4 is 17.8 Å². The van der Waals surface area contributed by atoms with E-state index in [2.05, 4.69) is 10.6 Å². The van der Waals surface area contributed by atoms with Crippen molar-refractivity contribution in [2.45, 2.75) is 50.0 Å². The van der Waals surface area contributed by atoms with Gasteiger partial charge in [-0.2, -0.15) is 0 Å². The Hall–Kier alpha value is -1.79. The molecule has 2 amide bonds. The summed E-state index contributed by atoms with van der Waals surface area (Å²) in [6.07, 6.45) is -6.00. The number of rotatable bonds is 6. The number of nitrogens with two attached hydrogens (primary N) is 1. The van der Waals surface area contributed by atoms with Crippen molar-refractivity contribution in [2.75, 3.05) is 6.61 Å². The lowest BCUT2D eigenvalue weighted by molar-refractivity contribution is -0.203. The fourth-order valence-electron chi connectivity index (χ4n) is 2.14. The minimum atomic E-state index is -1.51. The first kappa shape index (κ1) is 19.3. The predicted molar refractivity (Wildman–Crippen MR) is 73.7 cm³/mol. The standard InChI is InChI=1S/C12H21N3O8/c1-4(17)14-8-10(20)9(19)6(3-16)23-11(8)15-7(18)2-5(13)12(21)22/h5-6,8-11,16,19-20H,2-3,13H2,1H3,(H,14,17)(H,15,18)(H,21,22)/t5-,6+,8-,9+,10-,11+/m0/s1. The van der Waals surface area contributed by atoms with Gasteiger partial charge in [-0.15, -0.1) is 0 Å². The van der Waals surface area contributed by atoms with Gasteiger partial charge in [0.25, 0.3) is 0 Å². The van der Waals surface area contributed by atoms with Gasteiger partial charge in [-0.3, -0.25) is 14.4 Å². The van der Waals surface area contributed by atoms with E-state index in [-0.39, 0.29) is 0 Å². The summed E-state index contributed by atoms with van der Waals surface area (Å²) in [4.78, 5) is 33.6. The van der Waals surface area contributed by atoms with Gasteiger partial charge >= 0.3 is 5.97 Å². The highest BCUT2D eigenvalue weighted by Crippen LogP contribution is 2.20. The maximum Gasteiger partial charge on any atom is 0.321 e. The van der Waals surface area contributed by atoms with Crippen molar-refractivity contribution in [3.8, 4) is 0 Å². The van der Waals surface area contributed by atoms with Crippen molar-refractivity contribution < 1.29 is 39.5 Å². The molecular formula is C12H21N3O8. The van der Waals surface area contributed by atoms with E-state index < -0.39 is 67.4 Å². The number of aliphatic carboxylic acids is 1. The zero-order valence-electron chi connectivity index (χ0n) is 12.4. The summed E-state index contributed by atoms with van der Waals surface area (Å²) in [6.45, 7) is 0.530. The zero-order chi connectivity index (χ0) is 17.7. The molecule has 8 N–H and O–H groups in total. The Balaban J connectivity index is 2.82. The SMILES string of the molecule is CC(=O)N[C@H]1[C@H](O)[C@H](O)[C@@H](CO)O[C@H]1NC(=O)C[C@H](N)C(=O)O. The molecular weight excluding hydrogens is 314 g/mol. The number of carbonyl (C=O) groups excluding carboxylic acids is 2. The molecule has 132 valence electrons. The quantitative estimate of drug-likeness (QED) is 0.252. The number of carboxylic acids is 1. The van der Waals surface area contributed by atoms with Crippen molar-refractivity contribution in [2.24, 2.45) is 5.73 Å². The Kier molecular flexibility index (Phi) is 6.84. The monoisotopic (exact) mass is 335 g/mol. The number of aliphatic hydroxyl groups is 3. The molecule has 11 nitrogen and oxygen atoms in total. The summed E-state index contributed by atoms with van der Waals surface area (Å²) in [5, 5.41) is 42.2. The number of amides is 2. The third-order valence-corrected chi connectivity index (χ3v) is 3.32. The van der Waals surface area contributed by atoms with Crippen molar-refractivity contribution in [3.05, 3.63) is 0 Å². The lowest BCUT2D eigenvalue weighted by atomic mass is 9.95. The second-order valence-electron chi connectivity index (χ2n) is 5.20. The molecule has 1 aliphatic rings. The Labute approximate surface area is 131 Å². The molecule has 0 aromatic carbocycles. The summed E-state index contributed by atoms with van der Waals surface area (Å²) in [5.41, 5.74) is 5.24. The van der Waals surface area contributed by atoms with Crippen LogP contribution >= 0.6 is 0 Å². The van der Waals surface area contributed by atoms with Crippen LogP contribution in [0.15, 0.2) is 0 Å². The van der Waals surface area contributed by atoms with Crippen LogP contribution in [0.5, 0.6) is 0 Å². The van der Waals surface area contributed by atoms with E-state index in [1.807, 2.05) is 0 Å². The van der Waals surface area contributed by atoms with Crippen LogP contribution in [0.2, 0.25) is 0 Å². The van der Waals surface area contributed by atoms with E-state index in [0.717, 1.165) is 6.92 Å². The molecule has 1 saturated heterocycles. The summed E-state index contributed by atoms with van der Waals surface area (Å²) in [7, 11) is 0. The fourth-order valence-corrected chi connectivity index (χ4v) is 2.14. The first-order valence-corrected chi connectivity index (χ1v) is 6.84. The minimum Gasteiger partial charge on any atom is -0.480 e. The minimum absolute atomic E-state index is 0.547.